The van der Waals surface area contributed by atoms with E-state index in [9.17, 15) is 36.2 Å². The third-order valence-corrected chi connectivity index (χ3v) is 6.70. The van der Waals surface area contributed by atoms with Crippen LogP contribution in [0.1, 0.15) is 62.3 Å². The number of hydrogen-bond donors (Lipinski definition) is 3. The number of halogens is 6. The summed E-state index contributed by atoms with van der Waals surface area (Å²) in [6.07, 6.45) is -5.26. The quantitative estimate of drug-likeness (QED) is 0.171. The number of aryl methyl sites for hydroxylation is 2. The average Bonchev–Trinajstić information content (AvgIpc) is 3.46. The van der Waals surface area contributed by atoms with Gasteiger partial charge in [-0.15, -0.1) is 0 Å². The van der Waals surface area contributed by atoms with Crippen LogP contribution in [0.15, 0.2) is 54.6 Å². The Morgan fingerprint density at radius 1 is 0.886 bits per heavy atom. The summed E-state index contributed by atoms with van der Waals surface area (Å²) in [5.74, 6) is -2.97. The molecule has 2 atom stereocenters. The van der Waals surface area contributed by atoms with Crippen molar-refractivity contribution in [2.75, 3.05) is 32.8 Å². The van der Waals surface area contributed by atoms with Crippen LogP contribution in [-0.4, -0.2) is 78.2 Å². The predicted octanol–water partition coefficient (Wildman–Crippen LogP) is 6.10. The molecule has 1 saturated heterocycles. The molecular formula is C31H42F6N2O5. The maximum absolute atomic E-state index is 12.6. The van der Waals surface area contributed by atoms with E-state index in [1.165, 1.54) is 11.1 Å². The van der Waals surface area contributed by atoms with Gasteiger partial charge in [0.2, 0.25) is 5.91 Å². The first kappa shape index (κ1) is 38.9. The van der Waals surface area contributed by atoms with E-state index in [4.69, 9.17) is 9.90 Å². The van der Waals surface area contributed by atoms with Crippen LogP contribution < -0.4 is 5.32 Å². The molecule has 0 spiro atoms. The van der Waals surface area contributed by atoms with Crippen molar-refractivity contribution in [1.29, 1.82) is 0 Å². The molecule has 1 fully saturated rings. The number of carbonyl (C=O) groups excluding carboxylic acids is 1. The van der Waals surface area contributed by atoms with E-state index < -0.39 is 37.1 Å². The number of aliphatic hydroxyl groups excluding tert-OH is 1. The van der Waals surface area contributed by atoms with Gasteiger partial charge < -0.3 is 25.2 Å². The van der Waals surface area contributed by atoms with E-state index in [0.29, 0.717) is 19.4 Å². The average molecular weight is 637 g/mol. The number of rotatable bonds is 14. The van der Waals surface area contributed by atoms with Crippen molar-refractivity contribution in [3.63, 3.8) is 0 Å². The normalized spacial score (nSPS) is 15.0. The van der Waals surface area contributed by atoms with E-state index in [2.05, 4.69) is 27.1 Å². The number of amides is 1. The molecule has 2 aromatic carbocycles. The van der Waals surface area contributed by atoms with Crippen LogP contribution in [0.3, 0.4) is 0 Å². The fourth-order valence-electron chi connectivity index (χ4n) is 4.47. The molecule has 7 nitrogen and oxygen atoms in total. The molecule has 2 aromatic rings. The van der Waals surface area contributed by atoms with E-state index in [1.807, 2.05) is 42.5 Å². The van der Waals surface area contributed by atoms with E-state index in [1.54, 1.807) is 0 Å². The number of carbonyl (C=O) groups is 2. The Morgan fingerprint density at radius 3 is 1.95 bits per heavy atom. The highest BCUT2D eigenvalue weighted by Gasteiger charge is 2.38. The van der Waals surface area contributed by atoms with Gasteiger partial charge in [-0.2, -0.15) is 26.3 Å². The number of carboxylic acid groups (broad SMARTS) is 1. The van der Waals surface area contributed by atoms with Crippen LogP contribution in [0.2, 0.25) is 0 Å². The van der Waals surface area contributed by atoms with Crippen LogP contribution >= 0.6 is 0 Å². The lowest BCUT2D eigenvalue weighted by Gasteiger charge is -2.29. The number of nitrogens with zero attached hydrogens (tertiary/aromatic N) is 1. The predicted molar refractivity (Wildman–Crippen MR) is 154 cm³/mol. The zero-order chi connectivity index (χ0) is 31.9. The summed E-state index contributed by atoms with van der Waals surface area (Å²) in [5.41, 5.74) is 3.22. The summed E-state index contributed by atoms with van der Waals surface area (Å²) in [6, 6.07) is 17.7. The number of hydrogen-bond acceptors (Lipinski definition) is 5. The minimum Gasteiger partial charge on any atom is -0.475 e. The van der Waals surface area contributed by atoms with Crippen molar-refractivity contribution >= 4 is 11.9 Å². The van der Waals surface area contributed by atoms with Gasteiger partial charge in [0.25, 0.3) is 0 Å². The highest BCUT2D eigenvalue weighted by Crippen LogP contribution is 2.21. The van der Waals surface area contributed by atoms with Crippen molar-refractivity contribution in [1.82, 2.24) is 10.2 Å². The van der Waals surface area contributed by atoms with Crippen LogP contribution in [0.5, 0.6) is 0 Å². The third kappa shape index (κ3) is 16.1. The zero-order valence-electron chi connectivity index (χ0n) is 23.7. The second kappa shape index (κ2) is 19.3. The second-order valence-corrected chi connectivity index (χ2v) is 10.3. The maximum Gasteiger partial charge on any atom is 0.490 e. The number of unbranched alkanes of at least 4 members (excludes halogenated alkanes) is 1. The number of likely N-dealkylation sites (tertiary alicyclic amines) is 1. The van der Waals surface area contributed by atoms with Crippen LogP contribution in [0.4, 0.5) is 26.3 Å². The number of carboxylic acids is 1. The summed E-state index contributed by atoms with van der Waals surface area (Å²) < 4.78 is 72.7. The van der Waals surface area contributed by atoms with Gasteiger partial charge in [-0.25, -0.2) is 4.79 Å². The van der Waals surface area contributed by atoms with Gasteiger partial charge in [0, 0.05) is 19.6 Å². The summed E-state index contributed by atoms with van der Waals surface area (Å²) in [4.78, 5) is 23.7. The maximum atomic E-state index is 12.6. The molecule has 0 bridgehead atoms. The molecule has 1 amide bonds. The van der Waals surface area contributed by atoms with Crippen molar-refractivity contribution in [3.05, 3.63) is 71.3 Å². The van der Waals surface area contributed by atoms with Crippen molar-refractivity contribution in [3.8, 4) is 0 Å². The van der Waals surface area contributed by atoms with E-state index >= 15 is 0 Å². The molecule has 44 heavy (non-hydrogen) atoms. The lowest BCUT2D eigenvalue weighted by Crippen LogP contribution is -2.46. The Balaban J connectivity index is 0.00000108. The molecule has 3 rings (SSSR count). The van der Waals surface area contributed by atoms with Crippen molar-refractivity contribution in [2.45, 2.75) is 76.9 Å². The smallest absolute Gasteiger partial charge is 0.475 e. The minimum absolute atomic E-state index is 0. The SMILES string of the molecule is C.O=C(CCCCOCC(F)(F)F)N[C@H](CN1CCCC1)[C@H](O)c1ccc(CCc2ccccc2)cc1.O=C(O)C(F)(F)F. The summed E-state index contributed by atoms with van der Waals surface area (Å²) in [7, 11) is 0. The molecule has 0 unspecified atom stereocenters. The third-order valence-electron chi connectivity index (χ3n) is 6.70. The van der Waals surface area contributed by atoms with Crippen LogP contribution in [0.25, 0.3) is 0 Å². The van der Waals surface area contributed by atoms with Gasteiger partial charge in [-0.05, 0) is 68.3 Å². The van der Waals surface area contributed by atoms with Crippen LogP contribution in [0, 0.1) is 0 Å². The number of ether oxygens (including phenoxy) is 1. The fourth-order valence-corrected chi connectivity index (χ4v) is 4.47. The minimum atomic E-state index is -5.08. The molecule has 1 aliphatic heterocycles. The summed E-state index contributed by atoms with van der Waals surface area (Å²) in [6.45, 7) is 1.12. The Bertz CT molecular complexity index is 1090. The fraction of sp³-hybridized carbons (Fsp3) is 0.548. The van der Waals surface area contributed by atoms with Gasteiger partial charge in [0.15, 0.2) is 0 Å². The molecular weight excluding hydrogens is 594 g/mol. The van der Waals surface area contributed by atoms with Gasteiger partial charge in [-0.3, -0.25) is 4.79 Å². The molecule has 1 heterocycles. The highest BCUT2D eigenvalue weighted by atomic mass is 19.4. The molecule has 0 aromatic heterocycles. The van der Waals surface area contributed by atoms with Gasteiger partial charge >= 0.3 is 18.3 Å². The van der Waals surface area contributed by atoms with Crippen molar-refractivity contribution < 1.29 is 50.9 Å². The van der Waals surface area contributed by atoms with E-state index in [-0.39, 0.29) is 26.4 Å². The summed E-state index contributed by atoms with van der Waals surface area (Å²) in [5, 5.41) is 21.2. The van der Waals surface area contributed by atoms with Crippen molar-refractivity contribution in [2.24, 2.45) is 0 Å². The number of aliphatic hydroxyl groups is 1. The first-order chi connectivity index (χ1) is 20.2. The monoisotopic (exact) mass is 636 g/mol. The largest absolute Gasteiger partial charge is 0.490 e. The standard InChI is InChI=1S/C28H37F3N2O3.C2HF3O2.CH4/c29-28(30,31)21-36-19-7-4-10-26(34)32-25(20-33-17-5-6-18-33)27(35)24-15-13-23(14-16-24)12-11-22-8-2-1-3-9-22;3-2(4,5)1(6)7;/h1-3,8-9,13-16,25,27,35H,4-7,10-12,17-21H2,(H,32,34);(H,6,7);1H4/t25-,27-;;/m1../s1. The molecule has 0 radical (unpaired) electrons. The Hall–Kier alpha value is -3.16. The number of aliphatic carboxylic acids is 1. The molecule has 1 aliphatic rings. The summed E-state index contributed by atoms with van der Waals surface area (Å²) >= 11 is 0. The topological polar surface area (TPSA) is 99.1 Å². The first-order valence-corrected chi connectivity index (χ1v) is 14.0. The van der Waals surface area contributed by atoms with E-state index in [0.717, 1.165) is 44.3 Å². The molecule has 0 aliphatic carbocycles. The van der Waals surface area contributed by atoms with Crippen LogP contribution in [-0.2, 0) is 27.2 Å². The van der Waals surface area contributed by atoms with Gasteiger partial charge in [0.1, 0.15) is 12.7 Å². The number of benzene rings is 2. The Kier molecular flexibility index (Phi) is 17.0. The molecule has 248 valence electrons. The Labute approximate surface area is 254 Å². The number of nitrogens with one attached hydrogen (secondary N) is 1. The van der Waals surface area contributed by atoms with Gasteiger partial charge in [-0.1, -0.05) is 62.0 Å². The molecule has 0 saturated carbocycles. The highest BCUT2D eigenvalue weighted by molar-refractivity contribution is 5.76. The lowest BCUT2D eigenvalue weighted by atomic mass is 9.98. The van der Waals surface area contributed by atoms with Gasteiger partial charge in [0.05, 0.1) is 6.04 Å². The number of alkyl halides is 6. The first-order valence-electron chi connectivity index (χ1n) is 14.0. The molecule has 13 heteroatoms. The second-order valence-electron chi connectivity index (χ2n) is 10.3. The Morgan fingerprint density at radius 2 is 1.43 bits per heavy atom. The zero-order valence-corrected chi connectivity index (χ0v) is 23.7. The lowest BCUT2D eigenvalue weighted by molar-refractivity contribution is -0.192. The molecule has 3 N–H and O–H groups in total.